The van der Waals surface area contributed by atoms with Crippen LogP contribution < -0.4 is 11.1 Å². The molecule has 0 saturated heterocycles. The zero-order chi connectivity index (χ0) is 15.2. The first-order valence-corrected chi connectivity index (χ1v) is 6.38. The molecule has 0 bridgehead atoms. The molecule has 0 aliphatic heterocycles. The predicted molar refractivity (Wildman–Crippen MR) is 76.4 cm³/mol. The fourth-order valence-corrected chi connectivity index (χ4v) is 1.95. The third-order valence-corrected chi connectivity index (χ3v) is 2.93. The normalized spacial score (nSPS) is 11.8. The van der Waals surface area contributed by atoms with Crippen molar-refractivity contribution in [3.05, 3.63) is 48.0 Å². The van der Waals surface area contributed by atoms with Gasteiger partial charge in [0.15, 0.2) is 0 Å². The average Bonchev–Trinajstić information content (AvgIpc) is 2.90. The Bertz CT molecular complexity index is 625. The molecule has 21 heavy (non-hydrogen) atoms. The second-order valence-electron chi connectivity index (χ2n) is 4.66. The number of amides is 1. The highest BCUT2D eigenvalue weighted by Gasteiger charge is 2.21. The fourth-order valence-electron chi connectivity index (χ4n) is 1.95. The molecule has 7 nitrogen and oxygen atoms in total. The number of imidazole rings is 1. The number of anilines is 1. The van der Waals surface area contributed by atoms with E-state index in [-0.39, 0.29) is 18.7 Å². The first kappa shape index (κ1) is 14.6. The van der Waals surface area contributed by atoms with Crippen LogP contribution in [-0.4, -0.2) is 33.0 Å². The van der Waals surface area contributed by atoms with E-state index in [0.29, 0.717) is 11.4 Å². The zero-order valence-electron chi connectivity index (χ0n) is 11.2. The van der Waals surface area contributed by atoms with Gasteiger partial charge in [-0.3, -0.25) is 4.79 Å². The second-order valence-corrected chi connectivity index (χ2v) is 4.66. The van der Waals surface area contributed by atoms with E-state index in [1.165, 1.54) is 12.5 Å². The number of carboxylic acid groups (broad SMARTS) is 1. The first-order valence-electron chi connectivity index (χ1n) is 6.38. The van der Waals surface area contributed by atoms with E-state index in [4.69, 9.17) is 10.8 Å². The number of aromatic amines is 1. The Morgan fingerprint density at radius 3 is 2.86 bits per heavy atom. The molecule has 1 amide bonds. The SMILES string of the molecule is Nc1cccc(CC(=O)N[C@H](Cc2cnc[nH]2)C(=O)O)c1. The zero-order valence-corrected chi connectivity index (χ0v) is 11.2. The van der Waals surface area contributed by atoms with Gasteiger partial charge in [0.1, 0.15) is 6.04 Å². The quantitative estimate of drug-likeness (QED) is 0.571. The Balaban J connectivity index is 1.96. The van der Waals surface area contributed by atoms with Crippen LogP contribution in [0.15, 0.2) is 36.8 Å². The number of benzene rings is 1. The van der Waals surface area contributed by atoms with Crippen molar-refractivity contribution in [1.29, 1.82) is 0 Å². The molecule has 5 N–H and O–H groups in total. The monoisotopic (exact) mass is 288 g/mol. The topological polar surface area (TPSA) is 121 Å². The van der Waals surface area contributed by atoms with Crippen molar-refractivity contribution in [2.75, 3.05) is 5.73 Å². The Labute approximate surface area is 121 Å². The summed E-state index contributed by atoms with van der Waals surface area (Å²) in [6.07, 6.45) is 3.22. The number of carbonyl (C=O) groups excluding carboxylic acids is 1. The standard InChI is InChI=1S/C14H16N4O3/c15-10-3-1-2-9(4-10)5-13(19)18-12(14(20)21)6-11-7-16-8-17-11/h1-4,7-8,12H,5-6,15H2,(H,16,17)(H,18,19)(H,20,21)/t12-/m1/s1. The molecule has 0 aliphatic rings. The van der Waals surface area contributed by atoms with Crippen molar-refractivity contribution in [2.24, 2.45) is 0 Å². The molecule has 0 saturated carbocycles. The Morgan fingerprint density at radius 1 is 1.43 bits per heavy atom. The van der Waals surface area contributed by atoms with E-state index < -0.39 is 12.0 Å². The van der Waals surface area contributed by atoms with Crippen LogP contribution in [-0.2, 0) is 22.4 Å². The van der Waals surface area contributed by atoms with E-state index in [1.807, 2.05) is 0 Å². The molecule has 1 heterocycles. The van der Waals surface area contributed by atoms with Gasteiger partial charge >= 0.3 is 5.97 Å². The van der Waals surface area contributed by atoms with Gasteiger partial charge in [-0.1, -0.05) is 12.1 Å². The number of H-pyrrole nitrogens is 1. The van der Waals surface area contributed by atoms with Crippen LogP contribution in [0.4, 0.5) is 5.69 Å². The minimum Gasteiger partial charge on any atom is -0.480 e. The number of rotatable bonds is 6. The number of hydrogen-bond acceptors (Lipinski definition) is 4. The molecule has 0 spiro atoms. The molecule has 110 valence electrons. The van der Waals surface area contributed by atoms with Gasteiger partial charge < -0.3 is 21.1 Å². The molecule has 0 radical (unpaired) electrons. The third kappa shape index (κ3) is 4.34. The Kier molecular flexibility index (Phi) is 4.55. The van der Waals surface area contributed by atoms with E-state index in [1.54, 1.807) is 24.3 Å². The predicted octanol–water partition coefficient (Wildman–Crippen LogP) is 0.346. The minimum atomic E-state index is -1.09. The summed E-state index contributed by atoms with van der Waals surface area (Å²) in [6.45, 7) is 0. The van der Waals surface area contributed by atoms with Gasteiger partial charge in [0, 0.05) is 24.0 Å². The minimum absolute atomic E-state index is 0.0811. The number of nitrogens with two attached hydrogens (primary N) is 1. The van der Waals surface area contributed by atoms with Gasteiger partial charge in [0.2, 0.25) is 5.91 Å². The van der Waals surface area contributed by atoms with Crippen LogP contribution in [0.3, 0.4) is 0 Å². The molecular weight excluding hydrogens is 272 g/mol. The van der Waals surface area contributed by atoms with Crippen LogP contribution in [0.1, 0.15) is 11.3 Å². The van der Waals surface area contributed by atoms with Crippen molar-refractivity contribution in [1.82, 2.24) is 15.3 Å². The molecule has 0 aliphatic carbocycles. The maximum absolute atomic E-state index is 11.9. The first-order chi connectivity index (χ1) is 10.0. The largest absolute Gasteiger partial charge is 0.480 e. The Hall–Kier alpha value is -2.83. The van der Waals surface area contributed by atoms with E-state index in [0.717, 1.165) is 5.56 Å². The van der Waals surface area contributed by atoms with Crippen molar-refractivity contribution in [3.8, 4) is 0 Å². The summed E-state index contributed by atoms with van der Waals surface area (Å²) < 4.78 is 0. The highest BCUT2D eigenvalue weighted by molar-refractivity contribution is 5.85. The van der Waals surface area contributed by atoms with Gasteiger partial charge in [-0.05, 0) is 17.7 Å². The number of carboxylic acids is 1. The van der Waals surface area contributed by atoms with Crippen molar-refractivity contribution in [2.45, 2.75) is 18.9 Å². The summed E-state index contributed by atoms with van der Waals surface area (Å²) in [6, 6.07) is 5.92. The highest BCUT2D eigenvalue weighted by atomic mass is 16.4. The van der Waals surface area contributed by atoms with Crippen LogP contribution >= 0.6 is 0 Å². The van der Waals surface area contributed by atoms with Gasteiger partial charge in [-0.15, -0.1) is 0 Å². The number of aliphatic carboxylic acids is 1. The van der Waals surface area contributed by atoms with Gasteiger partial charge in [0.25, 0.3) is 0 Å². The number of nitrogens with one attached hydrogen (secondary N) is 2. The summed E-state index contributed by atoms with van der Waals surface area (Å²) >= 11 is 0. The molecule has 0 unspecified atom stereocenters. The van der Waals surface area contributed by atoms with E-state index in [2.05, 4.69) is 15.3 Å². The maximum atomic E-state index is 11.9. The van der Waals surface area contributed by atoms with Gasteiger partial charge in [0.05, 0.1) is 12.7 Å². The van der Waals surface area contributed by atoms with E-state index in [9.17, 15) is 9.59 Å². The van der Waals surface area contributed by atoms with Gasteiger partial charge in [-0.2, -0.15) is 0 Å². The molecule has 1 atom stereocenters. The van der Waals surface area contributed by atoms with Crippen LogP contribution in [0, 0.1) is 0 Å². The lowest BCUT2D eigenvalue weighted by molar-refractivity contribution is -0.141. The summed E-state index contributed by atoms with van der Waals surface area (Å²) in [5, 5.41) is 11.7. The molecule has 1 aromatic carbocycles. The fraction of sp³-hybridized carbons (Fsp3) is 0.214. The van der Waals surface area contributed by atoms with Crippen LogP contribution in [0.2, 0.25) is 0 Å². The summed E-state index contributed by atoms with van der Waals surface area (Å²) in [7, 11) is 0. The highest BCUT2D eigenvalue weighted by Crippen LogP contribution is 2.07. The van der Waals surface area contributed by atoms with Crippen LogP contribution in [0.25, 0.3) is 0 Å². The lowest BCUT2D eigenvalue weighted by atomic mass is 10.1. The summed E-state index contributed by atoms with van der Waals surface area (Å²) in [4.78, 5) is 29.8. The molecule has 7 heteroatoms. The number of nitrogens with zero attached hydrogens (tertiary/aromatic N) is 1. The average molecular weight is 288 g/mol. The third-order valence-electron chi connectivity index (χ3n) is 2.93. The maximum Gasteiger partial charge on any atom is 0.326 e. The lowest BCUT2D eigenvalue weighted by Gasteiger charge is -2.13. The number of carbonyl (C=O) groups is 2. The van der Waals surface area contributed by atoms with Crippen molar-refractivity contribution < 1.29 is 14.7 Å². The number of nitrogen functional groups attached to an aromatic ring is 1. The summed E-state index contributed by atoms with van der Waals surface area (Å²) in [5.41, 5.74) is 7.58. The van der Waals surface area contributed by atoms with Crippen LogP contribution in [0.5, 0.6) is 0 Å². The lowest BCUT2D eigenvalue weighted by Crippen LogP contribution is -2.43. The second kappa shape index (κ2) is 6.56. The Morgan fingerprint density at radius 2 is 2.24 bits per heavy atom. The van der Waals surface area contributed by atoms with Crippen molar-refractivity contribution in [3.63, 3.8) is 0 Å². The molecule has 0 fully saturated rings. The van der Waals surface area contributed by atoms with E-state index >= 15 is 0 Å². The molecule has 1 aromatic heterocycles. The van der Waals surface area contributed by atoms with Crippen molar-refractivity contribution >= 4 is 17.6 Å². The number of aromatic nitrogens is 2. The smallest absolute Gasteiger partial charge is 0.326 e. The van der Waals surface area contributed by atoms with Gasteiger partial charge in [-0.25, -0.2) is 9.78 Å². The molecular formula is C14H16N4O3. The number of hydrogen-bond donors (Lipinski definition) is 4. The molecule has 2 aromatic rings. The molecule has 2 rings (SSSR count). The summed E-state index contributed by atoms with van der Waals surface area (Å²) in [5.74, 6) is -1.46.